The van der Waals surface area contributed by atoms with E-state index in [0.717, 1.165) is 5.69 Å². The van der Waals surface area contributed by atoms with Gasteiger partial charge in [-0.2, -0.15) is 5.10 Å². The van der Waals surface area contributed by atoms with Crippen LogP contribution in [0.3, 0.4) is 0 Å². The lowest BCUT2D eigenvalue weighted by Crippen LogP contribution is -1.95. The van der Waals surface area contributed by atoms with Crippen molar-refractivity contribution in [2.75, 3.05) is 5.43 Å². The molecule has 0 atom stereocenters. The molecule has 2 nitrogen and oxygen atoms in total. The highest BCUT2D eigenvalue weighted by Crippen LogP contribution is 2.32. The van der Waals surface area contributed by atoms with E-state index < -0.39 is 5.82 Å². The van der Waals surface area contributed by atoms with Gasteiger partial charge in [-0.1, -0.05) is 41.4 Å². The van der Waals surface area contributed by atoms with E-state index in [1.54, 1.807) is 0 Å². The van der Waals surface area contributed by atoms with Crippen LogP contribution >= 0.6 is 39.1 Å². The molecular weight excluding hydrogens is 354 g/mol. The second-order valence-electron chi connectivity index (χ2n) is 3.62. The van der Waals surface area contributed by atoms with Crippen LogP contribution in [0.1, 0.15) is 5.56 Å². The maximum absolute atomic E-state index is 13.9. The predicted molar refractivity (Wildman–Crippen MR) is 81.8 cm³/mol. The number of hydrogen-bond donors (Lipinski definition) is 1. The van der Waals surface area contributed by atoms with E-state index in [1.807, 2.05) is 30.3 Å². The molecule has 0 radical (unpaired) electrons. The normalized spacial score (nSPS) is 10.9. The zero-order valence-electron chi connectivity index (χ0n) is 9.50. The number of rotatable bonds is 3. The molecule has 0 aromatic heterocycles. The van der Waals surface area contributed by atoms with Crippen LogP contribution in [-0.4, -0.2) is 6.21 Å². The second kappa shape index (κ2) is 6.37. The van der Waals surface area contributed by atoms with Crippen LogP contribution in [0, 0.1) is 5.82 Å². The van der Waals surface area contributed by atoms with Gasteiger partial charge in [0.25, 0.3) is 0 Å². The molecule has 98 valence electrons. The summed E-state index contributed by atoms with van der Waals surface area (Å²) in [5.74, 6) is -0.611. The number of benzene rings is 2. The molecule has 0 unspecified atom stereocenters. The Balaban J connectivity index is 2.22. The molecule has 0 saturated heterocycles. The third-order valence-electron chi connectivity index (χ3n) is 2.31. The highest BCUT2D eigenvalue weighted by atomic mass is 79.9. The summed E-state index contributed by atoms with van der Waals surface area (Å²) >= 11 is 14.8. The summed E-state index contributed by atoms with van der Waals surface area (Å²) in [6.45, 7) is 0. The molecule has 2 aromatic carbocycles. The quantitative estimate of drug-likeness (QED) is 0.339. The largest absolute Gasteiger partial charge is 0.279 e. The molecular formula is C13H8BrCl2FN2. The first-order valence-electron chi connectivity index (χ1n) is 5.26. The van der Waals surface area contributed by atoms with Gasteiger partial charge in [0.2, 0.25) is 0 Å². The zero-order valence-corrected chi connectivity index (χ0v) is 12.6. The van der Waals surface area contributed by atoms with Gasteiger partial charge in [0.1, 0.15) is 0 Å². The monoisotopic (exact) mass is 360 g/mol. The van der Waals surface area contributed by atoms with Gasteiger partial charge in [-0.15, -0.1) is 0 Å². The van der Waals surface area contributed by atoms with Gasteiger partial charge in [-0.05, 0) is 34.1 Å². The molecule has 2 aromatic rings. The van der Waals surface area contributed by atoms with Crippen LogP contribution in [0.4, 0.5) is 10.1 Å². The Bertz CT molecular complexity index is 618. The van der Waals surface area contributed by atoms with E-state index in [-0.39, 0.29) is 15.6 Å². The number of hydrazone groups is 1. The molecule has 0 saturated carbocycles. The minimum absolute atomic E-state index is 0.0226. The molecule has 0 bridgehead atoms. The maximum Gasteiger partial charge on any atom is 0.153 e. The van der Waals surface area contributed by atoms with Gasteiger partial charge in [-0.25, -0.2) is 4.39 Å². The van der Waals surface area contributed by atoms with Gasteiger partial charge in [0.05, 0.1) is 27.5 Å². The second-order valence-corrected chi connectivity index (χ2v) is 5.26. The summed E-state index contributed by atoms with van der Waals surface area (Å²) in [5.41, 5.74) is 3.70. The van der Waals surface area contributed by atoms with E-state index in [1.165, 1.54) is 12.3 Å². The topological polar surface area (TPSA) is 24.4 Å². The minimum atomic E-state index is -0.611. The van der Waals surface area contributed by atoms with E-state index in [2.05, 4.69) is 26.5 Å². The first-order valence-corrected chi connectivity index (χ1v) is 6.81. The van der Waals surface area contributed by atoms with Crippen LogP contribution in [-0.2, 0) is 0 Å². The Morgan fingerprint density at radius 2 is 1.89 bits per heavy atom. The molecule has 0 spiro atoms. The number of hydrogen-bond acceptors (Lipinski definition) is 2. The highest BCUT2D eigenvalue weighted by Gasteiger charge is 2.13. The van der Waals surface area contributed by atoms with Crippen LogP contribution in [0.15, 0.2) is 46.0 Å². The Hall–Kier alpha value is -1.10. The fraction of sp³-hybridized carbons (Fsp3) is 0. The number of anilines is 1. The van der Waals surface area contributed by atoms with Crippen molar-refractivity contribution in [3.8, 4) is 0 Å². The van der Waals surface area contributed by atoms with E-state index in [9.17, 15) is 4.39 Å². The number of nitrogens with zero attached hydrogens (tertiary/aromatic N) is 1. The lowest BCUT2D eigenvalue weighted by molar-refractivity contribution is 0.625. The molecule has 6 heteroatoms. The summed E-state index contributed by atoms with van der Waals surface area (Å²) in [6.07, 6.45) is 1.29. The van der Waals surface area contributed by atoms with Crippen molar-refractivity contribution in [3.05, 3.63) is 62.3 Å². The average Bonchev–Trinajstić information content (AvgIpc) is 2.41. The predicted octanol–water partition coefficient (Wildman–Crippen LogP) is 5.34. The highest BCUT2D eigenvalue weighted by molar-refractivity contribution is 9.10. The lowest BCUT2D eigenvalue weighted by Gasteiger charge is -2.05. The van der Waals surface area contributed by atoms with Crippen LogP contribution in [0.2, 0.25) is 10.0 Å². The molecule has 1 N–H and O–H groups in total. The fourth-order valence-corrected chi connectivity index (χ4v) is 2.31. The van der Waals surface area contributed by atoms with Crippen molar-refractivity contribution in [2.24, 2.45) is 5.10 Å². The van der Waals surface area contributed by atoms with Gasteiger partial charge in [0.15, 0.2) is 5.82 Å². The van der Waals surface area contributed by atoms with Crippen molar-refractivity contribution < 1.29 is 4.39 Å². The number of nitrogens with one attached hydrogen (secondary N) is 1. The summed E-state index contributed by atoms with van der Waals surface area (Å²) < 4.78 is 14.3. The maximum atomic E-state index is 13.9. The van der Waals surface area contributed by atoms with Crippen LogP contribution in [0.5, 0.6) is 0 Å². The summed E-state index contributed by atoms with van der Waals surface area (Å²) in [5, 5.41) is 4.14. The molecule has 0 aliphatic rings. The number of halogens is 4. The number of para-hydroxylation sites is 1. The molecule has 0 aliphatic carbocycles. The first-order chi connectivity index (χ1) is 9.09. The smallest absolute Gasteiger partial charge is 0.153 e. The molecule has 0 fully saturated rings. The van der Waals surface area contributed by atoms with Crippen molar-refractivity contribution in [2.45, 2.75) is 0 Å². The minimum Gasteiger partial charge on any atom is -0.279 e. The van der Waals surface area contributed by atoms with Gasteiger partial charge in [-0.3, -0.25) is 5.43 Å². The Kier molecular flexibility index (Phi) is 4.80. The Morgan fingerprint density at radius 1 is 1.21 bits per heavy atom. The average molecular weight is 362 g/mol. The Labute approximate surface area is 128 Å². The van der Waals surface area contributed by atoms with Crippen molar-refractivity contribution in [1.82, 2.24) is 0 Å². The van der Waals surface area contributed by atoms with Crippen LogP contribution < -0.4 is 5.43 Å². The third-order valence-corrected chi connectivity index (χ3v) is 3.85. The van der Waals surface area contributed by atoms with Crippen LogP contribution in [0.25, 0.3) is 0 Å². The molecule has 2 rings (SSSR count). The third kappa shape index (κ3) is 3.47. The van der Waals surface area contributed by atoms with Crippen molar-refractivity contribution >= 4 is 51.0 Å². The van der Waals surface area contributed by atoms with Crippen molar-refractivity contribution in [1.29, 1.82) is 0 Å². The zero-order chi connectivity index (χ0) is 13.8. The molecule has 0 aliphatic heterocycles. The summed E-state index contributed by atoms with van der Waals surface area (Å²) in [4.78, 5) is 0. The summed E-state index contributed by atoms with van der Waals surface area (Å²) in [7, 11) is 0. The molecule has 0 amide bonds. The SMILES string of the molecule is Fc1c(Cl)c(Br)cc(Cl)c1C=NNc1ccccc1. The van der Waals surface area contributed by atoms with Gasteiger partial charge < -0.3 is 0 Å². The standard InChI is InChI=1S/C13H8BrCl2FN2/c14-10-6-11(15)9(13(17)12(10)16)7-18-19-8-4-2-1-3-5-8/h1-7,19H. The van der Waals surface area contributed by atoms with E-state index in [4.69, 9.17) is 23.2 Å². The first kappa shape index (κ1) is 14.3. The lowest BCUT2D eigenvalue weighted by atomic mass is 10.2. The molecule has 19 heavy (non-hydrogen) atoms. The van der Waals surface area contributed by atoms with Gasteiger partial charge in [0, 0.05) is 4.47 Å². The van der Waals surface area contributed by atoms with E-state index in [0.29, 0.717) is 4.47 Å². The fourth-order valence-electron chi connectivity index (χ4n) is 1.38. The van der Waals surface area contributed by atoms with E-state index >= 15 is 0 Å². The Morgan fingerprint density at radius 3 is 2.58 bits per heavy atom. The van der Waals surface area contributed by atoms with Gasteiger partial charge >= 0.3 is 0 Å². The summed E-state index contributed by atoms with van der Waals surface area (Å²) in [6, 6.07) is 10.8. The van der Waals surface area contributed by atoms with Crippen molar-refractivity contribution in [3.63, 3.8) is 0 Å². The molecule has 0 heterocycles.